The first-order chi connectivity index (χ1) is 15.2. The number of hydrogen-bond donors (Lipinski definition) is 1. The van der Waals surface area contributed by atoms with E-state index in [0.29, 0.717) is 0 Å². The van der Waals surface area contributed by atoms with Crippen LogP contribution in [0.25, 0.3) is 0 Å². The minimum atomic E-state index is -3.63. The molecule has 2 heterocycles. The Morgan fingerprint density at radius 3 is 2.52 bits per heavy atom. The Bertz CT molecular complexity index is 1040. The molecule has 6 nitrogen and oxygen atoms in total. The van der Waals surface area contributed by atoms with Crippen molar-refractivity contribution in [2.24, 2.45) is 4.99 Å². The molecule has 1 fully saturated rings. The van der Waals surface area contributed by atoms with Crippen LogP contribution in [0, 0.1) is 0 Å². The number of ether oxygens (including phenoxy) is 1. The van der Waals surface area contributed by atoms with Gasteiger partial charge in [-0.2, -0.15) is 0 Å². The number of amides is 2. The third-order valence-corrected chi connectivity index (χ3v) is 3.37. The fourth-order valence-corrected chi connectivity index (χ4v) is 2.19. The largest absolute Gasteiger partial charge is 0.444 e. The molecule has 1 saturated heterocycles. The molecule has 0 unspecified atom stereocenters. The second kappa shape index (κ2) is 6.33. The monoisotopic (exact) mass is 372 g/mol. The van der Waals surface area contributed by atoms with Crippen LogP contribution in [0.15, 0.2) is 29.3 Å². The van der Waals surface area contributed by atoms with Gasteiger partial charge in [0.25, 0.3) is 5.91 Å². The Balaban J connectivity index is 2.31. The third kappa shape index (κ3) is 3.95. The van der Waals surface area contributed by atoms with Crippen molar-refractivity contribution in [3.8, 4) is 0 Å². The topological polar surface area (TPSA) is 71.0 Å². The number of nitrogens with one attached hydrogen (secondary N) is 1. The van der Waals surface area contributed by atoms with Gasteiger partial charge in [0.15, 0.2) is 1.41 Å². The van der Waals surface area contributed by atoms with Crippen molar-refractivity contribution in [2.75, 3.05) is 13.0 Å². The van der Waals surface area contributed by atoms with Gasteiger partial charge in [0.05, 0.1) is 0 Å². The molecule has 2 aliphatic rings. The van der Waals surface area contributed by atoms with Gasteiger partial charge in [0.1, 0.15) is 17.0 Å². The summed E-state index contributed by atoms with van der Waals surface area (Å²) in [4.78, 5) is 29.3. The molecule has 3 rings (SSSR count). The quantitative estimate of drug-likeness (QED) is 0.823. The summed E-state index contributed by atoms with van der Waals surface area (Å²) in [5.41, 5.74) is -5.15. The van der Waals surface area contributed by atoms with Gasteiger partial charge >= 0.3 is 6.09 Å². The number of carbonyl (C=O) groups is 2. The summed E-state index contributed by atoms with van der Waals surface area (Å²) in [6.45, 7) is -3.01. The number of piperidine rings is 1. The number of halogens is 1. The lowest BCUT2D eigenvalue weighted by Crippen LogP contribution is -2.53. The molecular formula is C18H22ClN3O3. The van der Waals surface area contributed by atoms with Gasteiger partial charge in [-0.25, -0.2) is 4.79 Å². The zero-order chi connectivity index (χ0) is 26.3. The van der Waals surface area contributed by atoms with Gasteiger partial charge in [0, 0.05) is 47.3 Å². The molecular weight excluding hydrogens is 342 g/mol. The number of likely N-dealkylation sites (tertiary alicyclic amines) is 1. The fraction of sp³-hybridized carbons (Fsp3) is 0.500. The maximum Gasteiger partial charge on any atom is 0.410 e. The third-order valence-electron chi connectivity index (χ3n) is 3.12. The molecule has 1 spiro atoms. The van der Waals surface area contributed by atoms with Crippen LogP contribution in [-0.2, 0) is 9.53 Å². The van der Waals surface area contributed by atoms with Crippen molar-refractivity contribution in [1.82, 2.24) is 10.2 Å². The van der Waals surface area contributed by atoms with Gasteiger partial charge in [-0.05, 0) is 32.9 Å². The summed E-state index contributed by atoms with van der Waals surface area (Å²) >= 11 is 5.84. The first kappa shape index (κ1) is 9.57. The van der Waals surface area contributed by atoms with Crippen LogP contribution >= 0.6 is 11.6 Å². The average molecular weight is 373 g/mol. The summed E-state index contributed by atoms with van der Waals surface area (Å²) < 4.78 is 81.2. The molecule has 1 N–H and O–H groups in total. The van der Waals surface area contributed by atoms with E-state index in [0.717, 1.165) is 0 Å². The second-order valence-electron chi connectivity index (χ2n) is 6.35. The van der Waals surface area contributed by atoms with Crippen LogP contribution in [0.4, 0.5) is 4.79 Å². The number of carbonyl (C=O) groups excluding carboxylic acids is 2. The number of nitrogens with zero attached hydrogens (tertiary/aromatic N) is 2. The molecule has 0 atom stereocenters. The smallest absolute Gasteiger partial charge is 0.410 e. The Kier molecular flexibility index (Phi) is 2.42. The Labute approximate surface area is 164 Å². The number of benzene rings is 1. The zero-order valence-corrected chi connectivity index (χ0v) is 14.5. The maximum atomic E-state index is 13.0. The Morgan fingerprint density at radius 1 is 1.36 bits per heavy atom. The molecule has 1 aromatic carbocycles. The van der Waals surface area contributed by atoms with E-state index in [1.807, 2.05) is 0 Å². The van der Waals surface area contributed by atoms with E-state index in [1.165, 1.54) is 45.0 Å². The van der Waals surface area contributed by atoms with Crippen molar-refractivity contribution in [3.63, 3.8) is 0 Å². The van der Waals surface area contributed by atoms with E-state index < -0.39 is 54.7 Å². The van der Waals surface area contributed by atoms with E-state index in [-0.39, 0.29) is 20.8 Å². The molecule has 7 heteroatoms. The van der Waals surface area contributed by atoms with Gasteiger partial charge in [0.2, 0.25) is 0 Å². The van der Waals surface area contributed by atoms with Crippen molar-refractivity contribution >= 4 is 29.3 Å². The Hall–Kier alpha value is -2.08. The zero-order valence-electron chi connectivity index (χ0n) is 22.8. The summed E-state index contributed by atoms with van der Waals surface area (Å²) in [7, 11) is 0. The number of hydrogen-bond acceptors (Lipinski definition) is 4. The summed E-state index contributed by atoms with van der Waals surface area (Å²) in [5, 5.41) is 0.0928. The molecule has 0 saturated carbocycles. The normalized spacial score (nSPS) is 33.4. The highest BCUT2D eigenvalue weighted by molar-refractivity contribution is 6.47. The molecule has 25 heavy (non-hydrogen) atoms. The number of rotatable bonds is 1. The lowest BCUT2D eigenvalue weighted by Gasteiger charge is -2.37. The molecule has 0 aliphatic carbocycles. The summed E-state index contributed by atoms with van der Waals surface area (Å²) in [6, 6.07) is 5.38. The highest BCUT2D eigenvalue weighted by Gasteiger charge is 2.43. The van der Waals surface area contributed by atoms with E-state index in [9.17, 15) is 9.59 Å². The maximum absolute atomic E-state index is 13.0. The first-order valence-electron chi connectivity index (χ1n) is 11.8. The summed E-state index contributed by atoms with van der Waals surface area (Å²) in [6.07, 6.45) is -8.91. The summed E-state index contributed by atoms with van der Waals surface area (Å²) in [5.74, 6) is -1.28. The van der Waals surface area contributed by atoms with Crippen molar-refractivity contribution in [3.05, 3.63) is 34.9 Å². The minimum Gasteiger partial charge on any atom is -0.444 e. The lowest BCUT2D eigenvalue weighted by molar-refractivity contribution is -0.115. The van der Waals surface area contributed by atoms with Crippen LogP contribution in [0.5, 0.6) is 0 Å². The second-order valence-corrected chi connectivity index (χ2v) is 6.78. The van der Waals surface area contributed by atoms with Crippen LogP contribution < -0.4 is 5.31 Å². The SMILES string of the molecule is [2H]N1C(=O)C(c2ccc(Cl)cc2)=NC12C([2H])([2H])C([2H])([2H])N(C(=O)OC(C)(C)C)C([2H])([2H])C2([2H])[2H]. The Morgan fingerprint density at radius 2 is 1.96 bits per heavy atom. The molecule has 0 aromatic heterocycles. The van der Waals surface area contributed by atoms with Gasteiger partial charge < -0.3 is 14.9 Å². The highest BCUT2D eigenvalue weighted by atomic mass is 35.5. The van der Waals surface area contributed by atoms with Gasteiger partial charge in [-0.3, -0.25) is 9.79 Å². The number of aliphatic imine (C=N–C) groups is 1. The van der Waals surface area contributed by atoms with Gasteiger partial charge in [-0.1, -0.05) is 23.7 Å². The molecule has 134 valence electrons. The molecule has 2 amide bonds. The average Bonchev–Trinajstić information content (AvgIpc) is 2.92. The van der Waals surface area contributed by atoms with E-state index in [1.54, 1.807) is 0 Å². The molecule has 1 aromatic rings. The predicted octanol–water partition coefficient (Wildman–Crippen LogP) is 2.99. The van der Waals surface area contributed by atoms with Crippen LogP contribution in [0.3, 0.4) is 0 Å². The fourth-order valence-electron chi connectivity index (χ4n) is 2.07. The standard InChI is InChI=1S/C18H22ClN3O3/c1-17(2,3)25-16(24)22-10-8-18(9-11-22)20-14(15(23)21-18)12-4-6-13(19)7-5-12/h4-7H,8-11H2,1-3H3,(H,21,23)/i8D2,9D2,10D2,11D2/hD. The van der Waals surface area contributed by atoms with Crippen LogP contribution in [0.1, 0.15) is 50.0 Å². The van der Waals surface area contributed by atoms with Crippen LogP contribution in [-0.4, -0.2) is 46.9 Å². The molecule has 2 aliphatic heterocycles. The molecule has 0 bridgehead atoms. The predicted molar refractivity (Wildman–Crippen MR) is 95.9 cm³/mol. The minimum absolute atomic E-state index is 0.0332. The van der Waals surface area contributed by atoms with E-state index in [4.69, 9.17) is 28.7 Å². The van der Waals surface area contributed by atoms with Crippen LogP contribution in [0.2, 0.25) is 6.43 Å². The van der Waals surface area contributed by atoms with E-state index >= 15 is 0 Å². The molecule has 0 radical (unpaired) electrons. The van der Waals surface area contributed by atoms with Crippen molar-refractivity contribution < 1.29 is 26.7 Å². The highest BCUT2D eigenvalue weighted by Crippen LogP contribution is 2.29. The van der Waals surface area contributed by atoms with Crippen molar-refractivity contribution in [2.45, 2.75) is 44.8 Å². The van der Waals surface area contributed by atoms with E-state index in [2.05, 4.69) is 4.99 Å². The lowest BCUT2D eigenvalue weighted by atomic mass is 9.98. The van der Waals surface area contributed by atoms with Crippen molar-refractivity contribution in [1.29, 1.82) is 0 Å². The van der Waals surface area contributed by atoms with Gasteiger partial charge in [-0.15, -0.1) is 0 Å². The first-order valence-corrected chi connectivity index (χ1v) is 7.77.